The molecule has 1 aliphatic carbocycles. The Morgan fingerprint density at radius 2 is 2.33 bits per heavy atom. The van der Waals surface area contributed by atoms with Crippen LogP contribution in [0.25, 0.3) is 0 Å². The lowest BCUT2D eigenvalue weighted by molar-refractivity contribution is 0.511. The third-order valence-corrected chi connectivity index (χ3v) is 2.81. The molecule has 0 radical (unpaired) electrons. The molecule has 1 aromatic heterocycles. The highest BCUT2D eigenvalue weighted by molar-refractivity contribution is 5.29. The van der Waals surface area contributed by atoms with E-state index in [9.17, 15) is 0 Å². The second kappa shape index (κ2) is 4.62. The molecule has 1 saturated carbocycles. The molecule has 1 atom stereocenters. The van der Waals surface area contributed by atoms with Crippen LogP contribution < -0.4 is 11.1 Å². The zero-order valence-electron chi connectivity index (χ0n) is 9.24. The molecule has 0 spiro atoms. The van der Waals surface area contributed by atoms with Crippen LogP contribution in [0.1, 0.15) is 31.7 Å². The molecule has 3 heteroatoms. The summed E-state index contributed by atoms with van der Waals surface area (Å²) in [5, 5.41) is 3.59. The van der Waals surface area contributed by atoms with Gasteiger partial charge in [0.1, 0.15) is 5.82 Å². The highest BCUT2D eigenvalue weighted by atomic mass is 15.0. The number of nitrogens with two attached hydrogens (primary N) is 1. The largest absolute Gasteiger partial charge is 0.384 e. The molecule has 1 fully saturated rings. The Morgan fingerprint density at radius 1 is 1.53 bits per heavy atom. The predicted molar refractivity (Wildman–Crippen MR) is 62.6 cm³/mol. The van der Waals surface area contributed by atoms with Crippen molar-refractivity contribution in [2.45, 2.75) is 44.7 Å². The molecular formula is C12H19N3. The van der Waals surface area contributed by atoms with E-state index in [4.69, 9.17) is 5.73 Å². The van der Waals surface area contributed by atoms with E-state index in [-0.39, 0.29) is 0 Å². The third-order valence-electron chi connectivity index (χ3n) is 2.81. The summed E-state index contributed by atoms with van der Waals surface area (Å²) in [7, 11) is 0. The van der Waals surface area contributed by atoms with Crippen molar-refractivity contribution < 1.29 is 0 Å². The smallest absolute Gasteiger partial charge is 0.123 e. The monoisotopic (exact) mass is 205 g/mol. The van der Waals surface area contributed by atoms with Crippen LogP contribution in [-0.2, 0) is 6.42 Å². The van der Waals surface area contributed by atoms with Crippen LogP contribution >= 0.6 is 0 Å². The summed E-state index contributed by atoms with van der Waals surface area (Å²) in [5.74, 6) is 0.600. The van der Waals surface area contributed by atoms with Crippen LogP contribution in [0.4, 0.5) is 5.82 Å². The number of nitrogens with one attached hydrogen (secondary N) is 1. The van der Waals surface area contributed by atoms with E-state index in [1.165, 1.54) is 24.8 Å². The van der Waals surface area contributed by atoms with Crippen LogP contribution in [0.2, 0.25) is 0 Å². The minimum atomic E-state index is 0.600. The van der Waals surface area contributed by atoms with Gasteiger partial charge in [0.25, 0.3) is 0 Å². The fourth-order valence-corrected chi connectivity index (χ4v) is 1.70. The first kappa shape index (κ1) is 10.4. The summed E-state index contributed by atoms with van der Waals surface area (Å²) >= 11 is 0. The first-order valence-corrected chi connectivity index (χ1v) is 5.70. The molecule has 0 amide bonds. The predicted octanol–water partition coefficient (Wildman–Crippen LogP) is 1.74. The third kappa shape index (κ3) is 3.51. The van der Waals surface area contributed by atoms with Crippen molar-refractivity contribution >= 4 is 5.82 Å². The Morgan fingerprint density at radius 3 is 2.93 bits per heavy atom. The lowest BCUT2D eigenvalue weighted by atomic mass is 10.1. The Kier molecular flexibility index (Phi) is 3.21. The molecule has 1 heterocycles. The first-order valence-electron chi connectivity index (χ1n) is 5.70. The molecule has 3 nitrogen and oxygen atoms in total. The van der Waals surface area contributed by atoms with E-state index in [0.29, 0.717) is 11.9 Å². The van der Waals surface area contributed by atoms with Crippen molar-refractivity contribution in [1.29, 1.82) is 0 Å². The maximum atomic E-state index is 5.53. The number of nitrogen functional groups attached to an aromatic ring is 1. The highest BCUT2D eigenvalue weighted by Crippen LogP contribution is 2.20. The average molecular weight is 205 g/mol. The van der Waals surface area contributed by atoms with Gasteiger partial charge in [0, 0.05) is 18.3 Å². The molecular weight excluding hydrogens is 186 g/mol. The number of anilines is 1. The highest BCUT2D eigenvalue weighted by Gasteiger charge is 2.22. The number of rotatable bonds is 5. The summed E-state index contributed by atoms with van der Waals surface area (Å²) in [5.41, 5.74) is 6.81. The molecule has 1 aromatic rings. The molecule has 3 N–H and O–H groups in total. The van der Waals surface area contributed by atoms with Crippen molar-refractivity contribution in [2.24, 2.45) is 0 Å². The SMILES string of the molecule is C[C@H](CCc1ccc(N)nc1)NC1CC1. The van der Waals surface area contributed by atoms with Gasteiger partial charge in [-0.1, -0.05) is 6.07 Å². The van der Waals surface area contributed by atoms with Gasteiger partial charge in [-0.2, -0.15) is 0 Å². The number of aromatic nitrogens is 1. The first-order chi connectivity index (χ1) is 7.24. The molecule has 0 unspecified atom stereocenters. The second-order valence-electron chi connectivity index (χ2n) is 4.47. The van der Waals surface area contributed by atoms with Gasteiger partial charge in [-0.25, -0.2) is 4.98 Å². The molecule has 0 saturated heterocycles. The van der Waals surface area contributed by atoms with Crippen molar-refractivity contribution in [1.82, 2.24) is 10.3 Å². The Balaban J connectivity index is 1.74. The lowest BCUT2D eigenvalue weighted by Crippen LogP contribution is -2.28. The van der Waals surface area contributed by atoms with Crippen LogP contribution in [0.15, 0.2) is 18.3 Å². The van der Waals surface area contributed by atoms with E-state index in [1.807, 2.05) is 12.3 Å². The zero-order valence-corrected chi connectivity index (χ0v) is 9.24. The number of hydrogen-bond acceptors (Lipinski definition) is 3. The maximum absolute atomic E-state index is 5.53. The van der Waals surface area contributed by atoms with Crippen LogP contribution in [0, 0.1) is 0 Å². The maximum Gasteiger partial charge on any atom is 0.123 e. The van der Waals surface area contributed by atoms with Gasteiger partial charge in [-0.3, -0.25) is 0 Å². The van der Waals surface area contributed by atoms with Crippen LogP contribution in [0.5, 0.6) is 0 Å². The average Bonchev–Trinajstić information content (AvgIpc) is 3.01. The summed E-state index contributed by atoms with van der Waals surface area (Å²) in [4.78, 5) is 4.09. The molecule has 1 aliphatic rings. The van der Waals surface area contributed by atoms with Gasteiger partial charge in [-0.15, -0.1) is 0 Å². The molecule has 0 aliphatic heterocycles. The second-order valence-corrected chi connectivity index (χ2v) is 4.47. The summed E-state index contributed by atoms with van der Waals surface area (Å²) < 4.78 is 0. The lowest BCUT2D eigenvalue weighted by Gasteiger charge is -2.12. The van der Waals surface area contributed by atoms with Gasteiger partial charge in [0.2, 0.25) is 0 Å². The van der Waals surface area contributed by atoms with Crippen molar-refractivity contribution in [3.63, 3.8) is 0 Å². The van der Waals surface area contributed by atoms with E-state index in [0.717, 1.165) is 12.5 Å². The topological polar surface area (TPSA) is 50.9 Å². The molecule has 0 aromatic carbocycles. The van der Waals surface area contributed by atoms with Crippen molar-refractivity contribution in [2.75, 3.05) is 5.73 Å². The summed E-state index contributed by atoms with van der Waals surface area (Å²) in [6.45, 7) is 2.25. The normalized spacial score (nSPS) is 17.7. The van der Waals surface area contributed by atoms with Gasteiger partial charge >= 0.3 is 0 Å². The van der Waals surface area contributed by atoms with Crippen LogP contribution in [-0.4, -0.2) is 17.1 Å². The molecule has 82 valence electrons. The molecule has 2 rings (SSSR count). The molecule has 0 bridgehead atoms. The van der Waals surface area contributed by atoms with Crippen LogP contribution in [0.3, 0.4) is 0 Å². The Bertz CT molecular complexity index is 303. The fraction of sp³-hybridized carbons (Fsp3) is 0.583. The number of pyridine rings is 1. The number of aryl methyl sites for hydroxylation is 1. The minimum absolute atomic E-state index is 0.600. The quantitative estimate of drug-likeness (QED) is 0.769. The van der Waals surface area contributed by atoms with E-state index in [1.54, 1.807) is 0 Å². The van der Waals surface area contributed by atoms with Gasteiger partial charge in [0.15, 0.2) is 0 Å². The number of nitrogens with zero attached hydrogens (tertiary/aromatic N) is 1. The fourth-order valence-electron chi connectivity index (χ4n) is 1.70. The Hall–Kier alpha value is -1.09. The minimum Gasteiger partial charge on any atom is -0.384 e. The van der Waals surface area contributed by atoms with Crippen molar-refractivity contribution in [3.05, 3.63) is 23.9 Å². The number of hydrogen-bond donors (Lipinski definition) is 2. The van der Waals surface area contributed by atoms with Crippen molar-refractivity contribution in [3.8, 4) is 0 Å². The molecule has 15 heavy (non-hydrogen) atoms. The van der Waals surface area contributed by atoms with E-state index < -0.39 is 0 Å². The van der Waals surface area contributed by atoms with E-state index in [2.05, 4.69) is 23.3 Å². The Labute approximate surface area is 91.1 Å². The standard InChI is InChI=1S/C12H19N3/c1-9(15-11-5-6-11)2-3-10-4-7-12(13)14-8-10/h4,7-9,11,15H,2-3,5-6H2,1H3,(H2,13,14)/t9-/m1/s1. The summed E-state index contributed by atoms with van der Waals surface area (Å²) in [6, 6.07) is 5.33. The summed E-state index contributed by atoms with van der Waals surface area (Å²) in [6.07, 6.45) is 6.83. The van der Waals surface area contributed by atoms with Gasteiger partial charge in [-0.05, 0) is 44.2 Å². The van der Waals surface area contributed by atoms with E-state index >= 15 is 0 Å². The van der Waals surface area contributed by atoms with Gasteiger partial charge in [0.05, 0.1) is 0 Å². The zero-order chi connectivity index (χ0) is 10.7. The van der Waals surface area contributed by atoms with Gasteiger partial charge < -0.3 is 11.1 Å².